The number of carbonyl (C=O) groups excluding carboxylic acids is 1. The third-order valence-corrected chi connectivity index (χ3v) is 3.04. The number of ether oxygens (including phenoxy) is 1. The van der Waals surface area contributed by atoms with Crippen molar-refractivity contribution in [3.8, 4) is 0 Å². The van der Waals surface area contributed by atoms with Crippen molar-refractivity contribution < 1.29 is 9.53 Å². The molecule has 0 atom stereocenters. The molecule has 0 aliphatic heterocycles. The summed E-state index contributed by atoms with van der Waals surface area (Å²) >= 11 is 5.24. The van der Waals surface area contributed by atoms with Crippen LogP contribution in [0.2, 0.25) is 0 Å². The number of hydrogen-bond acceptors (Lipinski definition) is 4. The van der Waals surface area contributed by atoms with Gasteiger partial charge in [0, 0.05) is 12.7 Å². The highest BCUT2D eigenvalue weighted by Gasteiger charge is 2.09. The molecule has 18 heavy (non-hydrogen) atoms. The SMILES string of the molecule is CCOC(=O)CCn1c(=S)[nH]c2c(C)ccnc21. The number of aromatic amines is 1. The van der Waals surface area contributed by atoms with Crippen molar-refractivity contribution >= 4 is 29.4 Å². The minimum absolute atomic E-state index is 0.221. The molecule has 0 aromatic carbocycles. The van der Waals surface area contributed by atoms with Crippen LogP contribution >= 0.6 is 12.2 Å². The van der Waals surface area contributed by atoms with E-state index < -0.39 is 0 Å². The third-order valence-electron chi connectivity index (χ3n) is 2.72. The van der Waals surface area contributed by atoms with Crippen LogP contribution in [0.1, 0.15) is 18.9 Å². The van der Waals surface area contributed by atoms with E-state index >= 15 is 0 Å². The number of pyridine rings is 1. The molecule has 96 valence electrons. The Hall–Kier alpha value is -1.69. The summed E-state index contributed by atoms with van der Waals surface area (Å²) in [6.45, 7) is 4.66. The second kappa shape index (κ2) is 5.30. The summed E-state index contributed by atoms with van der Waals surface area (Å²) in [6, 6.07) is 1.92. The molecule has 5 nitrogen and oxygen atoms in total. The van der Waals surface area contributed by atoms with Gasteiger partial charge in [-0.2, -0.15) is 0 Å². The predicted molar refractivity (Wildman–Crippen MR) is 70.9 cm³/mol. The van der Waals surface area contributed by atoms with E-state index in [0.29, 0.717) is 24.3 Å². The zero-order valence-electron chi connectivity index (χ0n) is 10.4. The molecular formula is C12H15N3O2S. The lowest BCUT2D eigenvalue weighted by molar-refractivity contribution is -0.143. The number of rotatable bonds is 4. The molecule has 0 bridgehead atoms. The molecule has 0 amide bonds. The molecule has 0 unspecified atom stereocenters. The number of nitrogens with zero attached hydrogens (tertiary/aromatic N) is 2. The van der Waals surface area contributed by atoms with Gasteiger partial charge in [-0.05, 0) is 37.7 Å². The van der Waals surface area contributed by atoms with Gasteiger partial charge in [0.25, 0.3) is 0 Å². The van der Waals surface area contributed by atoms with Crippen LogP contribution in [0.4, 0.5) is 0 Å². The number of fused-ring (bicyclic) bond motifs is 1. The van der Waals surface area contributed by atoms with Crippen LogP contribution in [0.25, 0.3) is 11.2 Å². The number of nitrogens with one attached hydrogen (secondary N) is 1. The Labute approximate surface area is 110 Å². The van der Waals surface area contributed by atoms with E-state index in [-0.39, 0.29) is 5.97 Å². The molecule has 0 aliphatic carbocycles. The molecule has 1 N–H and O–H groups in total. The first kappa shape index (κ1) is 12.8. The van der Waals surface area contributed by atoms with E-state index in [1.165, 1.54) is 0 Å². The first-order valence-corrected chi connectivity index (χ1v) is 6.24. The number of esters is 1. The number of hydrogen-bond donors (Lipinski definition) is 1. The van der Waals surface area contributed by atoms with E-state index in [2.05, 4.69) is 9.97 Å². The van der Waals surface area contributed by atoms with Crippen LogP contribution in [-0.2, 0) is 16.1 Å². The minimum Gasteiger partial charge on any atom is -0.466 e. The lowest BCUT2D eigenvalue weighted by Gasteiger charge is -2.04. The van der Waals surface area contributed by atoms with Crippen molar-refractivity contribution in [2.45, 2.75) is 26.8 Å². The summed E-state index contributed by atoms with van der Waals surface area (Å²) in [5.41, 5.74) is 2.79. The van der Waals surface area contributed by atoms with Gasteiger partial charge in [-0.25, -0.2) is 4.98 Å². The number of aryl methyl sites for hydroxylation is 2. The van der Waals surface area contributed by atoms with E-state index in [9.17, 15) is 4.79 Å². The van der Waals surface area contributed by atoms with Crippen LogP contribution in [-0.4, -0.2) is 27.1 Å². The Balaban J connectivity index is 2.28. The molecule has 0 aliphatic rings. The molecule has 2 aromatic heterocycles. The smallest absolute Gasteiger partial charge is 0.307 e. The maximum Gasteiger partial charge on any atom is 0.307 e. The second-order valence-corrected chi connectivity index (χ2v) is 4.35. The van der Waals surface area contributed by atoms with Crippen molar-refractivity contribution in [2.75, 3.05) is 6.61 Å². The fraction of sp³-hybridized carbons (Fsp3) is 0.417. The number of imidazole rings is 1. The highest BCUT2D eigenvalue weighted by Crippen LogP contribution is 2.15. The normalized spacial score (nSPS) is 10.8. The minimum atomic E-state index is -0.221. The summed E-state index contributed by atoms with van der Waals surface area (Å²) < 4.78 is 7.31. The summed E-state index contributed by atoms with van der Waals surface area (Å²) in [4.78, 5) is 18.8. The molecule has 0 fully saturated rings. The second-order valence-electron chi connectivity index (χ2n) is 3.96. The first-order chi connectivity index (χ1) is 8.63. The number of aromatic nitrogens is 3. The lowest BCUT2D eigenvalue weighted by atomic mass is 10.3. The fourth-order valence-electron chi connectivity index (χ4n) is 1.82. The van der Waals surface area contributed by atoms with Crippen molar-refractivity contribution in [3.63, 3.8) is 0 Å². The Bertz CT molecular complexity index is 630. The summed E-state index contributed by atoms with van der Waals surface area (Å²) in [5, 5.41) is 0. The highest BCUT2D eigenvalue weighted by molar-refractivity contribution is 7.71. The van der Waals surface area contributed by atoms with Gasteiger partial charge in [0.1, 0.15) is 0 Å². The zero-order chi connectivity index (χ0) is 13.1. The molecule has 6 heteroatoms. The molecule has 2 rings (SSSR count). The van der Waals surface area contributed by atoms with Crippen LogP contribution in [0, 0.1) is 11.7 Å². The van der Waals surface area contributed by atoms with E-state index in [1.807, 2.05) is 17.6 Å². The van der Waals surface area contributed by atoms with Crippen molar-refractivity contribution in [1.82, 2.24) is 14.5 Å². The van der Waals surface area contributed by atoms with Gasteiger partial charge in [-0.15, -0.1) is 0 Å². The average Bonchev–Trinajstić information content (AvgIpc) is 2.65. The maximum atomic E-state index is 11.4. The van der Waals surface area contributed by atoms with Crippen molar-refractivity contribution in [3.05, 3.63) is 22.6 Å². The molecule has 0 spiro atoms. The molecule has 2 heterocycles. The maximum absolute atomic E-state index is 11.4. The van der Waals surface area contributed by atoms with Crippen molar-refractivity contribution in [2.24, 2.45) is 0 Å². The Morgan fingerprint density at radius 1 is 1.61 bits per heavy atom. The first-order valence-electron chi connectivity index (χ1n) is 5.83. The van der Waals surface area contributed by atoms with Gasteiger partial charge in [-0.1, -0.05) is 0 Å². The quantitative estimate of drug-likeness (QED) is 0.681. The largest absolute Gasteiger partial charge is 0.466 e. The molecule has 0 saturated heterocycles. The van der Waals surface area contributed by atoms with Gasteiger partial charge < -0.3 is 14.3 Å². The Morgan fingerprint density at radius 3 is 3.11 bits per heavy atom. The standard InChI is InChI=1S/C12H15N3O2S/c1-3-17-9(16)5-7-15-11-10(14-12(15)18)8(2)4-6-13-11/h4,6H,3,5,7H2,1-2H3,(H,14,18). The van der Waals surface area contributed by atoms with Crippen molar-refractivity contribution in [1.29, 1.82) is 0 Å². The van der Waals surface area contributed by atoms with Gasteiger partial charge in [0.05, 0.1) is 18.5 Å². The van der Waals surface area contributed by atoms with Gasteiger partial charge in [-0.3, -0.25) is 4.79 Å². The van der Waals surface area contributed by atoms with Crippen LogP contribution < -0.4 is 0 Å². The summed E-state index contributed by atoms with van der Waals surface area (Å²) in [6.07, 6.45) is 2.03. The molecule has 2 aromatic rings. The zero-order valence-corrected chi connectivity index (χ0v) is 11.2. The lowest BCUT2D eigenvalue weighted by Crippen LogP contribution is -2.09. The van der Waals surface area contributed by atoms with Gasteiger partial charge >= 0.3 is 5.97 Å². The van der Waals surface area contributed by atoms with Gasteiger partial charge in [0.15, 0.2) is 10.4 Å². The monoisotopic (exact) mass is 265 g/mol. The van der Waals surface area contributed by atoms with Crippen LogP contribution in [0.15, 0.2) is 12.3 Å². The highest BCUT2D eigenvalue weighted by atomic mass is 32.1. The number of H-pyrrole nitrogens is 1. The van der Waals surface area contributed by atoms with E-state index in [0.717, 1.165) is 16.7 Å². The fourth-order valence-corrected chi connectivity index (χ4v) is 2.10. The summed E-state index contributed by atoms with van der Waals surface area (Å²) in [7, 11) is 0. The third kappa shape index (κ3) is 2.43. The Kier molecular flexibility index (Phi) is 3.76. The average molecular weight is 265 g/mol. The van der Waals surface area contributed by atoms with Crippen LogP contribution in [0.5, 0.6) is 0 Å². The topological polar surface area (TPSA) is 59.9 Å². The molecule has 0 saturated carbocycles. The van der Waals surface area contributed by atoms with E-state index in [1.54, 1.807) is 13.1 Å². The predicted octanol–water partition coefficient (Wildman–Crippen LogP) is 2.36. The van der Waals surface area contributed by atoms with Crippen LogP contribution in [0.3, 0.4) is 0 Å². The Morgan fingerprint density at radius 2 is 2.39 bits per heavy atom. The van der Waals surface area contributed by atoms with Gasteiger partial charge in [0.2, 0.25) is 0 Å². The van der Waals surface area contributed by atoms with E-state index in [4.69, 9.17) is 17.0 Å². The molecule has 0 radical (unpaired) electrons. The molecular weight excluding hydrogens is 250 g/mol. The summed E-state index contributed by atoms with van der Waals surface area (Å²) in [5.74, 6) is -0.221. The number of carbonyl (C=O) groups is 1.